The minimum atomic E-state index is -0.0566. The van der Waals surface area contributed by atoms with Gasteiger partial charge in [-0.05, 0) is 50.9 Å². The number of hydrogen-bond acceptors (Lipinski definition) is 2. The Balaban J connectivity index is 1.51. The van der Waals surface area contributed by atoms with Gasteiger partial charge in [-0.25, -0.2) is 4.79 Å². The van der Waals surface area contributed by atoms with E-state index in [1.165, 1.54) is 25.9 Å². The first-order chi connectivity index (χ1) is 11.6. The summed E-state index contributed by atoms with van der Waals surface area (Å²) in [4.78, 5) is 15.1. The fourth-order valence-corrected chi connectivity index (χ4v) is 4.38. The quantitative estimate of drug-likeness (QED) is 0.899. The highest BCUT2D eigenvalue weighted by Gasteiger charge is 2.40. The maximum absolute atomic E-state index is 12.7. The van der Waals surface area contributed by atoms with E-state index in [2.05, 4.69) is 17.1 Å². The van der Waals surface area contributed by atoms with Crippen LogP contribution in [0.1, 0.15) is 19.8 Å². The molecular formula is C19H22ClN3O. The van der Waals surface area contributed by atoms with E-state index in [9.17, 15) is 4.79 Å². The highest BCUT2D eigenvalue weighted by Crippen LogP contribution is 2.32. The molecule has 3 saturated heterocycles. The second-order valence-corrected chi connectivity index (χ2v) is 7.28. The number of rotatable bonds is 2. The summed E-state index contributed by atoms with van der Waals surface area (Å²) >= 11 is 6.25. The van der Waals surface area contributed by atoms with Crippen molar-refractivity contribution in [2.75, 3.05) is 13.1 Å². The van der Waals surface area contributed by atoms with Crippen LogP contribution < -0.4 is 5.32 Å². The molecule has 2 aromatic rings. The van der Waals surface area contributed by atoms with Crippen molar-refractivity contribution in [2.45, 2.75) is 31.8 Å². The molecule has 2 bridgehead atoms. The van der Waals surface area contributed by atoms with Gasteiger partial charge >= 0.3 is 6.03 Å². The van der Waals surface area contributed by atoms with E-state index in [0.29, 0.717) is 17.0 Å². The van der Waals surface area contributed by atoms with Crippen LogP contribution in [-0.4, -0.2) is 40.7 Å². The van der Waals surface area contributed by atoms with Crippen LogP contribution in [0.3, 0.4) is 0 Å². The number of carbonyl (C=O) groups is 1. The van der Waals surface area contributed by atoms with E-state index in [4.69, 9.17) is 11.6 Å². The van der Waals surface area contributed by atoms with E-state index in [-0.39, 0.29) is 12.1 Å². The summed E-state index contributed by atoms with van der Waals surface area (Å²) in [7, 11) is 0. The molecule has 1 amide bonds. The van der Waals surface area contributed by atoms with E-state index < -0.39 is 0 Å². The van der Waals surface area contributed by atoms with Gasteiger partial charge in [0.15, 0.2) is 0 Å². The van der Waals surface area contributed by atoms with Gasteiger partial charge in [0.2, 0.25) is 0 Å². The van der Waals surface area contributed by atoms with Gasteiger partial charge in [-0.3, -0.25) is 9.47 Å². The number of fused-ring (bicyclic) bond motifs is 3. The van der Waals surface area contributed by atoms with Crippen LogP contribution in [0.5, 0.6) is 0 Å². The molecule has 5 rings (SSSR count). The van der Waals surface area contributed by atoms with Crippen LogP contribution >= 0.6 is 11.6 Å². The SMILES string of the molecule is C[C@@H]1[C@H](NC(=O)n2ccc(-c3ccccc3Cl)c2)C2CCN1CC2. The molecule has 24 heavy (non-hydrogen) atoms. The Hall–Kier alpha value is -1.78. The van der Waals surface area contributed by atoms with Crippen LogP contribution in [-0.2, 0) is 0 Å². The lowest BCUT2D eigenvalue weighted by molar-refractivity contribution is 0.0267. The van der Waals surface area contributed by atoms with Crippen molar-refractivity contribution in [2.24, 2.45) is 5.92 Å². The van der Waals surface area contributed by atoms with Gasteiger partial charge in [-0.1, -0.05) is 29.8 Å². The molecule has 0 saturated carbocycles. The van der Waals surface area contributed by atoms with Crippen LogP contribution in [0.25, 0.3) is 11.1 Å². The molecule has 1 N–H and O–H groups in total. The lowest BCUT2D eigenvalue weighted by Crippen LogP contribution is -2.62. The Morgan fingerprint density at radius 3 is 2.67 bits per heavy atom. The summed E-state index contributed by atoms with van der Waals surface area (Å²) in [6.45, 7) is 4.55. The number of piperidine rings is 3. The molecular weight excluding hydrogens is 322 g/mol. The summed E-state index contributed by atoms with van der Waals surface area (Å²) in [5.41, 5.74) is 1.90. The average Bonchev–Trinajstić information content (AvgIpc) is 3.09. The van der Waals surface area contributed by atoms with Crippen LogP contribution in [0.4, 0.5) is 4.79 Å². The van der Waals surface area contributed by atoms with E-state index in [0.717, 1.165) is 11.1 Å². The molecule has 126 valence electrons. The van der Waals surface area contributed by atoms with Crippen molar-refractivity contribution < 1.29 is 4.79 Å². The number of benzene rings is 1. The Labute approximate surface area is 147 Å². The molecule has 2 atom stereocenters. The molecule has 1 aromatic carbocycles. The lowest BCUT2D eigenvalue weighted by Gasteiger charge is -2.49. The number of hydrogen-bond donors (Lipinski definition) is 1. The average molecular weight is 344 g/mol. The van der Waals surface area contributed by atoms with Gasteiger partial charge in [-0.15, -0.1) is 0 Å². The van der Waals surface area contributed by atoms with Gasteiger partial charge in [0.05, 0.1) is 0 Å². The fraction of sp³-hybridized carbons (Fsp3) is 0.421. The molecule has 0 aliphatic carbocycles. The minimum absolute atomic E-state index is 0.0566. The van der Waals surface area contributed by atoms with E-state index in [1.54, 1.807) is 10.8 Å². The van der Waals surface area contributed by atoms with E-state index >= 15 is 0 Å². The Bertz CT molecular complexity index is 747. The zero-order valence-electron chi connectivity index (χ0n) is 13.8. The third kappa shape index (κ3) is 2.74. The molecule has 3 fully saturated rings. The van der Waals surface area contributed by atoms with E-state index in [1.807, 2.05) is 36.5 Å². The van der Waals surface area contributed by atoms with Crippen molar-refractivity contribution >= 4 is 17.6 Å². The van der Waals surface area contributed by atoms with Gasteiger partial charge in [0.1, 0.15) is 0 Å². The third-order valence-electron chi connectivity index (χ3n) is 5.58. The van der Waals surface area contributed by atoms with Crippen molar-refractivity contribution in [1.29, 1.82) is 0 Å². The lowest BCUT2D eigenvalue weighted by atomic mass is 9.79. The van der Waals surface area contributed by atoms with Gasteiger partial charge < -0.3 is 5.32 Å². The Morgan fingerprint density at radius 2 is 1.96 bits per heavy atom. The maximum atomic E-state index is 12.7. The fourth-order valence-electron chi connectivity index (χ4n) is 4.14. The first-order valence-electron chi connectivity index (χ1n) is 8.61. The van der Waals surface area contributed by atoms with Gasteiger partial charge in [0.25, 0.3) is 0 Å². The smallest absolute Gasteiger partial charge is 0.325 e. The summed E-state index contributed by atoms with van der Waals surface area (Å²) in [6.07, 6.45) is 6.03. The van der Waals surface area contributed by atoms with Crippen molar-refractivity contribution in [3.05, 3.63) is 47.7 Å². The normalized spacial score (nSPS) is 28.8. The van der Waals surface area contributed by atoms with Crippen molar-refractivity contribution in [3.63, 3.8) is 0 Å². The summed E-state index contributed by atoms with van der Waals surface area (Å²) in [6, 6.07) is 10.2. The summed E-state index contributed by atoms with van der Waals surface area (Å²) in [5.74, 6) is 0.604. The summed E-state index contributed by atoms with van der Waals surface area (Å²) < 4.78 is 1.63. The van der Waals surface area contributed by atoms with Crippen molar-refractivity contribution in [1.82, 2.24) is 14.8 Å². The zero-order chi connectivity index (χ0) is 16.7. The largest absolute Gasteiger partial charge is 0.333 e. The predicted octanol–water partition coefficient (Wildman–Crippen LogP) is 3.85. The van der Waals surface area contributed by atoms with Crippen LogP contribution in [0, 0.1) is 5.92 Å². The molecule has 4 nitrogen and oxygen atoms in total. The first-order valence-corrected chi connectivity index (χ1v) is 8.99. The molecule has 3 aliphatic heterocycles. The van der Waals surface area contributed by atoms with Gasteiger partial charge in [0, 0.05) is 40.6 Å². The zero-order valence-corrected chi connectivity index (χ0v) is 14.5. The predicted molar refractivity (Wildman–Crippen MR) is 96.4 cm³/mol. The highest BCUT2D eigenvalue weighted by atomic mass is 35.5. The molecule has 0 unspecified atom stereocenters. The number of nitrogens with one attached hydrogen (secondary N) is 1. The minimum Gasteiger partial charge on any atom is -0.333 e. The number of aromatic nitrogens is 1. The monoisotopic (exact) mass is 343 g/mol. The second-order valence-electron chi connectivity index (χ2n) is 6.88. The molecule has 4 heterocycles. The molecule has 0 radical (unpaired) electrons. The van der Waals surface area contributed by atoms with Crippen LogP contribution in [0.15, 0.2) is 42.7 Å². The molecule has 1 aromatic heterocycles. The number of amides is 1. The topological polar surface area (TPSA) is 37.3 Å². The third-order valence-corrected chi connectivity index (χ3v) is 5.91. The standard InChI is InChI=1S/C19H22ClN3O/c1-13-18(14-6-9-22(13)10-7-14)21-19(24)23-11-8-15(12-23)16-4-2-3-5-17(16)20/h2-5,8,11-14,18H,6-7,9-10H2,1H3,(H,21,24)/t13-,18+/m1/s1. The number of nitrogens with zero attached hydrogens (tertiary/aromatic N) is 2. The van der Waals surface area contributed by atoms with Gasteiger partial charge in [-0.2, -0.15) is 0 Å². The van der Waals surface area contributed by atoms with Crippen molar-refractivity contribution in [3.8, 4) is 11.1 Å². The first kappa shape index (κ1) is 15.7. The second kappa shape index (κ2) is 6.26. The number of carbonyl (C=O) groups excluding carboxylic acids is 1. The Morgan fingerprint density at radius 1 is 1.21 bits per heavy atom. The molecule has 3 aliphatic rings. The maximum Gasteiger partial charge on any atom is 0.325 e. The van der Waals surface area contributed by atoms with Crippen LogP contribution in [0.2, 0.25) is 5.02 Å². The number of halogens is 1. The molecule has 5 heteroatoms. The Kier molecular flexibility index (Phi) is 4.10. The highest BCUT2D eigenvalue weighted by molar-refractivity contribution is 6.33. The summed E-state index contributed by atoms with van der Waals surface area (Å²) in [5, 5.41) is 3.94. The molecule has 0 spiro atoms.